The minimum Gasteiger partial charge on any atom is -0.462 e. The van der Waals surface area contributed by atoms with E-state index in [1.54, 1.807) is 73.7 Å². The van der Waals surface area contributed by atoms with E-state index in [1.165, 1.54) is 36.0 Å². The lowest BCUT2D eigenvalue weighted by molar-refractivity contribution is -0.138. The van der Waals surface area contributed by atoms with Gasteiger partial charge in [0, 0.05) is 21.8 Å². The predicted octanol–water partition coefficient (Wildman–Crippen LogP) is 5.22. The van der Waals surface area contributed by atoms with Gasteiger partial charge in [0.15, 0.2) is 11.3 Å². The van der Waals surface area contributed by atoms with E-state index in [0.29, 0.717) is 34.0 Å². The zero-order valence-electron chi connectivity index (χ0n) is 22.2. The number of halogens is 1. The summed E-state index contributed by atoms with van der Waals surface area (Å²) < 4.78 is 35.2. The Morgan fingerprint density at radius 3 is 2.38 bits per heavy atom. The molecule has 3 aromatic rings. The van der Waals surface area contributed by atoms with E-state index in [4.69, 9.17) is 16.3 Å². The van der Waals surface area contributed by atoms with Crippen LogP contribution >= 0.6 is 23.4 Å². The molecule has 0 bridgehead atoms. The minimum absolute atomic E-state index is 0.00505. The lowest BCUT2D eigenvalue weighted by atomic mass is 10.1. The Hall–Kier alpha value is -4.19. The smallest absolute Gasteiger partial charge is 0.337 e. The number of amidine groups is 1. The first-order chi connectivity index (χ1) is 20.2. The third-order valence-corrected chi connectivity index (χ3v) is 8.84. The van der Waals surface area contributed by atoms with Gasteiger partial charge in [-0.1, -0.05) is 59.8 Å². The summed E-state index contributed by atoms with van der Waals surface area (Å²) in [6.45, 7) is 2.04. The van der Waals surface area contributed by atoms with E-state index in [-0.39, 0.29) is 21.9 Å². The van der Waals surface area contributed by atoms with Crippen molar-refractivity contribution >= 4 is 62.5 Å². The number of ether oxygens (including phenoxy) is 1. The molecule has 0 spiro atoms. The average Bonchev–Trinajstić information content (AvgIpc) is 3.39. The van der Waals surface area contributed by atoms with Crippen LogP contribution in [0.15, 0.2) is 117 Å². The van der Waals surface area contributed by atoms with Crippen LogP contribution in [0, 0.1) is 0 Å². The normalized spacial score (nSPS) is 18.0. The van der Waals surface area contributed by atoms with Gasteiger partial charge in [0.1, 0.15) is 0 Å². The molecule has 1 aliphatic carbocycles. The van der Waals surface area contributed by atoms with Crippen molar-refractivity contribution in [2.24, 2.45) is 9.39 Å². The fraction of sp³-hybridized carbons (Fsp3) is 0.133. The number of nitrogens with one attached hydrogen (secondary N) is 2. The van der Waals surface area contributed by atoms with Crippen molar-refractivity contribution in [2.45, 2.75) is 22.6 Å². The second-order valence-electron chi connectivity index (χ2n) is 9.05. The van der Waals surface area contributed by atoms with Gasteiger partial charge in [0.05, 0.1) is 28.0 Å². The van der Waals surface area contributed by atoms with Crippen molar-refractivity contribution in [3.05, 3.63) is 119 Å². The van der Waals surface area contributed by atoms with Gasteiger partial charge in [-0.3, -0.25) is 9.79 Å². The lowest BCUT2D eigenvalue weighted by Crippen LogP contribution is -2.30. The first-order valence-corrected chi connectivity index (χ1v) is 15.6. The number of fused-ring (bicyclic) bond motifs is 1. The van der Waals surface area contributed by atoms with Gasteiger partial charge in [0.25, 0.3) is 15.9 Å². The molecule has 1 aliphatic heterocycles. The summed E-state index contributed by atoms with van der Waals surface area (Å²) in [7, 11) is -4.05. The van der Waals surface area contributed by atoms with Crippen molar-refractivity contribution in [2.75, 3.05) is 11.9 Å². The van der Waals surface area contributed by atoms with Gasteiger partial charge < -0.3 is 15.4 Å². The number of hydrogen-bond donors (Lipinski definition) is 2. The van der Waals surface area contributed by atoms with Gasteiger partial charge in [-0.15, -0.1) is 4.40 Å². The zero-order chi connectivity index (χ0) is 29.7. The Morgan fingerprint density at radius 2 is 1.69 bits per heavy atom. The van der Waals surface area contributed by atoms with Gasteiger partial charge in [0.2, 0.25) is 0 Å². The molecule has 214 valence electrons. The largest absolute Gasteiger partial charge is 0.462 e. The number of esters is 1. The quantitative estimate of drug-likeness (QED) is 0.201. The van der Waals surface area contributed by atoms with Crippen LogP contribution in [0.4, 0.5) is 5.69 Å². The maximum atomic E-state index is 13.0. The van der Waals surface area contributed by atoms with E-state index in [0.717, 1.165) is 5.71 Å². The van der Waals surface area contributed by atoms with E-state index < -0.39 is 21.5 Å². The highest BCUT2D eigenvalue weighted by molar-refractivity contribution is 8.01. The van der Waals surface area contributed by atoms with E-state index in [9.17, 15) is 18.0 Å². The van der Waals surface area contributed by atoms with Gasteiger partial charge in [-0.05, 0) is 67.6 Å². The SMILES string of the molecule is CCOC(=O)C1=CC2SC(NC(=O)c3ccc(N/C(=N\S(=O)(=O)c4ccc(Cl)cc4)c4ccccc4)cc3)N=C2C=C1. The number of sulfonamides is 1. The molecule has 42 heavy (non-hydrogen) atoms. The van der Waals surface area contributed by atoms with Crippen molar-refractivity contribution in [1.82, 2.24) is 5.32 Å². The molecule has 0 radical (unpaired) electrons. The fourth-order valence-electron chi connectivity index (χ4n) is 4.08. The molecule has 12 heteroatoms. The molecule has 3 aromatic carbocycles. The highest BCUT2D eigenvalue weighted by Gasteiger charge is 2.30. The monoisotopic (exact) mass is 620 g/mol. The number of rotatable bonds is 8. The summed E-state index contributed by atoms with van der Waals surface area (Å²) in [4.78, 5) is 29.5. The zero-order valence-corrected chi connectivity index (χ0v) is 24.6. The molecule has 5 rings (SSSR count). The number of hydrogen-bond acceptors (Lipinski definition) is 7. The van der Waals surface area contributed by atoms with Crippen molar-refractivity contribution in [3.8, 4) is 0 Å². The minimum atomic E-state index is -4.05. The van der Waals surface area contributed by atoms with Gasteiger partial charge in [-0.2, -0.15) is 8.42 Å². The van der Waals surface area contributed by atoms with Crippen LogP contribution in [0.25, 0.3) is 0 Å². The summed E-state index contributed by atoms with van der Waals surface area (Å²) in [5.74, 6) is -0.604. The summed E-state index contributed by atoms with van der Waals surface area (Å²) in [5, 5.41) is 6.20. The van der Waals surface area contributed by atoms with E-state index >= 15 is 0 Å². The van der Waals surface area contributed by atoms with Crippen LogP contribution < -0.4 is 10.6 Å². The number of thioether (sulfide) groups is 1. The number of amides is 1. The molecule has 1 heterocycles. The molecule has 2 N–H and O–H groups in total. The molecule has 0 aromatic heterocycles. The standard InChI is InChI=1S/C30H25ClN4O5S2/c1-2-40-29(37)21-10-17-25-26(18-21)41-30(33-25)34-28(36)20-8-13-23(14-9-20)32-27(19-6-4-3-5-7-19)35-42(38,39)24-15-11-22(31)12-16-24/h3-18,26,30H,2H2,1H3,(H,32,35)(H,34,36). The first kappa shape index (κ1) is 29.3. The van der Waals surface area contributed by atoms with Crippen molar-refractivity contribution < 1.29 is 22.7 Å². The van der Waals surface area contributed by atoms with Crippen LogP contribution in [0.3, 0.4) is 0 Å². The number of benzene rings is 3. The molecular weight excluding hydrogens is 596 g/mol. The molecule has 2 unspecified atom stereocenters. The van der Waals surface area contributed by atoms with Crippen LogP contribution in [0.1, 0.15) is 22.8 Å². The third kappa shape index (κ3) is 6.99. The predicted molar refractivity (Wildman–Crippen MR) is 166 cm³/mol. The molecule has 2 aliphatic rings. The second kappa shape index (κ2) is 12.8. The number of anilines is 1. The number of carbonyl (C=O) groups excluding carboxylic acids is 2. The maximum absolute atomic E-state index is 13.0. The van der Waals surface area contributed by atoms with Crippen LogP contribution in [0.5, 0.6) is 0 Å². The molecule has 0 saturated heterocycles. The number of aliphatic imine (C=N–C) groups is 1. The van der Waals surface area contributed by atoms with Crippen LogP contribution in [-0.2, 0) is 19.6 Å². The van der Waals surface area contributed by atoms with Crippen LogP contribution in [-0.4, -0.2) is 49.2 Å². The lowest BCUT2D eigenvalue weighted by Gasteiger charge is -2.14. The second-order valence-corrected chi connectivity index (χ2v) is 12.3. The van der Waals surface area contributed by atoms with Gasteiger partial charge in [-0.25, -0.2) is 4.79 Å². The first-order valence-electron chi connectivity index (χ1n) is 12.9. The van der Waals surface area contributed by atoms with Gasteiger partial charge >= 0.3 is 5.97 Å². The Morgan fingerprint density at radius 1 is 0.976 bits per heavy atom. The Balaban J connectivity index is 1.28. The highest BCUT2D eigenvalue weighted by atomic mass is 35.5. The fourth-order valence-corrected chi connectivity index (χ4v) is 6.32. The van der Waals surface area contributed by atoms with Crippen molar-refractivity contribution in [1.29, 1.82) is 0 Å². The summed E-state index contributed by atoms with van der Waals surface area (Å²) in [6, 6.07) is 21.2. The third-order valence-electron chi connectivity index (χ3n) is 6.14. The summed E-state index contributed by atoms with van der Waals surface area (Å²) in [5.41, 5.74) is 2.18. The number of allylic oxidation sites excluding steroid dienone is 1. The summed E-state index contributed by atoms with van der Waals surface area (Å²) >= 11 is 7.31. The Labute approximate surface area is 252 Å². The van der Waals surface area contributed by atoms with Crippen LogP contribution in [0.2, 0.25) is 5.02 Å². The van der Waals surface area contributed by atoms with E-state index in [2.05, 4.69) is 20.0 Å². The summed E-state index contributed by atoms with van der Waals surface area (Å²) in [6.07, 6.45) is 5.21. The average molecular weight is 621 g/mol. The number of carbonyl (C=O) groups is 2. The molecule has 0 fully saturated rings. The Bertz CT molecular complexity index is 1720. The topological polar surface area (TPSA) is 126 Å². The highest BCUT2D eigenvalue weighted by Crippen LogP contribution is 2.32. The molecule has 9 nitrogen and oxygen atoms in total. The van der Waals surface area contributed by atoms with Crippen molar-refractivity contribution in [3.63, 3.8) is 0 Å². The number of nitrogens with zero attached hydrogens (tertiary/aromatic N) is 2. The maximum Gasteiger partial charge on any atom is 0.337 e. The molecular formula is C30H25ClN4O5S2. The van der Waals surface area contributed by atoms with E-state index in [1.807, 2.05) is 6.07 Å². The molecule has 1 amide bonds. The molecule has 0 saturated carbocycles. The Kier molecular flexibility index (Phi) is 8.91. The molecule has 2 atom stereocenters.